The maximum absolute atomic E-state index is 13.2. The van der Waals surface area contributed by atoms with Crippen molar-refractivity contribution in [1.29, 1.82) is 0 Å². The zero-order valence-electron chi connectivity index (χ0n) is 20.8. The SMILES string of the molecule is COc1cccc(Cl)c1C(=O)NC(CCCNC(=O)OC(C)(C)C)c1ncc(-c2cccc(N)c2)o1. The molecule has 9 nitrogen and oxygen atoms in total. The Morgan fingerprint density at radius 1 is 1.19 bits per heavy atom. The lowest BCUT2D eigenvalue weighted by Crippen LogP contribution is -2.34. The molecule has 1 unspecified atom stereocenters. The zero-order valence-corrected chi connectivity index (χ0v) is 21.5. The largest absolute Gasteiger partial charge is 0.496 e. The number of carbonyl (C=O) groups is 2. The van der Waals surface area contributed by atoms with Crippen LogP contribution in [-0.2, 0) is 4.74 Å². The number of hydrogen-bond acceptors (Lipinski definition) is 7. The van der Waals surface area contributed by atoms with E-state index in [4.69, 9.17) is 31.2 Å². The fourth-order valence-electron chi connectivity index (χ4n) is 3.47. The summed E-state index contributed by atoms with van der Waals surface area (Å²) in [6.07, 6.45) is 2.01. The highest BCUT2D eigenvalue weighted by molar-refractivity contribution is 6.34. The topological polar surface area (TPSA) is 129 Å². The molecule has 0 aliphatic carbocycles. The van der Waals surface area contributed by atoms with Crippen molar-refractivity contribution in [2.45, 2.75) is 45.3 Å². The average Bonchev–Trinajstić information content (AvgIpc) is 3.30. The van der Waals surface area contributed by atoms with Crippen LogP contribution in [-0.4, -0.2) is 36.2 Å². The minimum atomic E-state index is -0.603. The Labute approximate surface area is 215 Å². The molecule has 4 N–H and O–H groups in total. The maximum atomic E-state index is 13.2. The summed E-state index contributed by atoms with van der Waals surface area (Å²) in [6.45, 7) is 5.71. The van der Waals surface area contributed by atoms with Gasteiger partial charge in [0.05, 0.1) is 23.9 Å². The molecule has 0 aliphatic rings. The van der Waals surface area contributed by atoms with Gasteiger partial charge in [0.1, 0.15) is 17.4 Å². The number of alkyl carbamates (subject to hydrolysis) is 1. The number of hydrogen-bond donors (Lipinski definition) is 3. The molecule has 0 fully saturated rings. The molecule has 0 saturated carbocycles. The summed E-state index contributed by atoms with van der Waals surface area (Å²) < 4.78 is 16.6. The summed E-state index contributed by atoms with van der Waals surface area (Å²) in [6, 6.07) is 11.6. The van der Waals surface area contributed by atoms with Crippen LogP contribution in [0.2, 0.25) is 5.02 Å². The molecule has 0 aliphatic heterocycles. The number of anilines is 1. The van der Waals surface area contributed by atoms with E-state index in [1.54, 1.807) is 57.3 Å². The molecule has 0 saturated heterocycles. The Morgan fingerprint density at radius 3 is 2.64 bits per heavy atom. The lowest BCUT2D eigenvalue weighted by Gasteiger charge is -2.20. The molecule has 0 spiro atoms. The Kier molecular flexibility index (Phi) is 8.82. The van der Waals surface area contributed by atoms with Crippen molar-refractivity contribution < 1.29 is 23.5 Å². The summed E-state index contributed by atoms with van der Waals surface area (Å²) >= 11 is 6.29. The number of ether oxygens (including phenoxy) is 2. The van der Waals surface area contributed by atoms with Crippen molar-refractivity contribution in [3.63, 3.8) is 0 Å². The lowest BCUT2D eigenvalue weighted by atomic mass is 10.1. The van der Waals surface area contributed by atoms with Gasteiger partial charge in [-0.05, 0) is 57.9 Å². The van der Waals surface area contributed by atoms with Crippen LogP contribution in [0, 0.1) is 0 Å². The smallest absolute Gasteiger partial charge is 0.407 e. The molecule has 0 bridgehead atoms. The highest BCUT2D eigenvalue weighted by atomic mass is 35.5. The second-order valence-corrected chi connectivity index (χ2v) is 9.51. The number of oxazole rings is 1. The van der Waals surface area contributed by atoms with E-state index in [0.29, 0.717) is 42.5 Å². The van der Waals surface area contributed by atoms with Gasteiger partial charge in [-0.3, -0.25) is 4.79 Å². The van der Waals surface area contributed by atoms with Crippen molar-refractivity contribution in [2.75, 3.05) is 19.4 Å². The van der Waals surface area contributed by atoms with Gasteiger partial charge in [0.2, 0.25) is 5.89 Å². The molecular weight excluding hydrogens is 484 g/mol. The van der Waals surface area contributed by atoms with Gasteiger partial charge in [-0.25, -0.2) is 9.78 Å². The molecule has 36 heavy (non-hydrogen) atoms. The predicted molar refractivity (Wildman–Crippen MR) is 138 cm³/mol. The van der Waals surface area contributed by atoms with Crippen molar-refractivity contribution in [1.82, 2.24) is 15.6 Å². The van der Waals surface area contributed by atoms with Gasteiger partial charge in [0, 0.05) is 17.8 Å². The van der Waals surface area contributed by atoms with Crippen LogP contribution in [0.4, 0.5) is 10.5 Å². The molecule has 2 aromatic carbocycles. The molecule has 1 aromatic heterocycles. The second-order valence-electron chi connectivity index (χ2n) is 9.10. The number of aromatic nitrogens is 1. The van der Waals surface area contributed by atoms with Gasteiger partial charge < -0.3 is 30.3 Å². The molecule has 3 rings (SSSR count). The lowest BCUT2D eigenvalue weighted by molar-refractivity contribution is 0.0525. The van der Waals surface area contributed by atoms with Crippen LogP contribution in [0.5, 0.6) is 5.75 Å². The van der Waals surface area contributed by atoms with Crippen LogP contribution >= 0.6 is 11.6 Å². The number of nitrogen functional groups attached to an aromatic ring is 1. The summed E-state index contributed by atoms with van der Waals surface area (Å²) in [5, 5.41) is 5.91. The summed E-state index contributed by atoms with van der Waals surface area (Å²) in [5.41, 5.74) is 6.86. The number of nitrogens with zero attached hydrogens (tertiary/aromatic N) is 1. The van der Waals surface area contributed by atoms with Crippen LogP contribution < -0.4 is 21.1 Å². The van der Waals surface area contributed by atoms with Crippen molar-refractivity contribution in [3.05, 3.63) is 65.1 Å². The molecule has 0 radical (unpaired) electrons. The van der Waals surface area contributed by atoms with Crippen LogP contribution in [0.1, 0.15) is 55.9 Å². The molecule has 3 aromatic rings. The highest BCUT2D eigenvalue weighted by Crippen LogP contribution is 2.29. The van der Waals surface area contributed by atoms with Crippen LogP contribution in [0.3, 0.4) is 0 Å². The number of nitrogens with one attached hydrogen (secondary N) is 2. The number of carbonyl (C=O) groups excluding carboxylic acids is 2. The summed E-state index contributed by atoms with van der Waals surface area (Å²) in [5.74, 6) is 0.729. The normalized spacial score (nSPS) is 12.0. The molecule has 1 heterocycles. The number of benzene rings is 2. The molecule has 1 atom stereocenters. The zero-order chi connectivity index (χ0) is 26.3. The number of methoxy groups -OCH3 is 1. The standard InChI is InChI=1S/C26H31ClN4O5/c1-26(2,3)36-25(33)29-13-7-11-19(31-23(32)22-18(27)10-6-12-20(22)34-4)24-30-15-21(35-24)16-8-5-9-17(28)14-16/h5-6,8-10,12,14-15,19H,7,11,13,28H2,1-4H3,(H,29,33)(H,31,32). The minimum absolute atomic E-state index is 0.209. The number of rotatable bonds is 9. The van der Waals surface area contributed by atoms with Gasteiger partial charge in [-0.15, -0.1) is 0 Å². The first kappa shape index (κ1) is 26.9. The third kappa shape index (κ3) is 7.39. The Balaban J connectivity index is 1.78. The monoisotopic (exact) mass is 514 g/mol. The van der Waals surface area contributed by atoms with Crippen LogP contribution in [0.15, 0.2) is 53.1 Å². The molecular formula is C26H31ClN4O5. The van der Waals surface area contributed by atoms with Gasteiger partial charge in [0.25, 0.3) is 5.91 Å². The minimum Gasteiger partial charge on any atom is -0.496 e. The van der Waals surface area contributed by atoms with Crippen molar-refractivity contribution in [2.24, 2.45) is 0 Å². The molecule has 10 heteroatoms. The van der Waals surface area contributed by atoms with E-state index in [9.17, 15) is 9.59 Å². The van der Waals surface area contributed by atoms with Crippen molar-refractivity contribution >= 4 is 29.3 Å². The van der Waals surface area contributed by atoms with Gasteiger partial charge in [-0.1, -0.05) is 29.8 Å². The summed E-state index contributed by atoms with van der Waals surface area (Å²) in [4.78, 5) is 29.6. The first-order chi connectivity index (χ1) is 17.1. The van der Waals surface area contributed by atoms with Gasteiger partial charge >= 0.3 is 6.09 Å². The Morgan fingerprint density at radius 2 is 1.94 bits per heavy atom. The third-order valence-electron chi connectivity index (χ3n) is 5.06. The van der Waals surface area contributed by atoms with E-state index < -0.39 is 23.6 Å². The average molecular weight is 515 g/mol. The van der Waals surface area contributed by atoms with E-state index in [1.807, 2.05) is 12.1 Å². The Bertz CT molecular complexity index is 1210. The number of nitrogens with two attached hydrogens (primary N) is 1. The van der Waals surface area contributed by atoms with E-state index in [-0.39, 0.29) is 10.6 Å². The third-order valence-corrected chi connectivity index (χ3v) is 5.37. The fourth-order valence-corrected chi connectivity index (χ4v) is 3.72. The maximum Gasteiger partial charge on any atom is 0.407 e. The van der Waals surface area contributed by atoms with Crippen LogP contribution in [0.25, 0.3) is 11.3 Å². The Hall–Kier alpha value is -3.72. The number of halogens is 1. The van der Waals surface area contributed by atoms with E-state index in [0.717, 1.165) is 5.56 Å². The van der Waals surface area contributed by atoms with Crippen molar-refractivity contribution in [3.8, 4) is 17.1 Å². The van der Waals surface area contributed by atoms with Gasteiger partial charge in [0.15, 0.2) is 5.76 Å². The molecule has 192 valence electrons. The van der Waals surface area contributed by atoms with E-state index in [1.165, 1.54) is 7.11 Å². The highest BCUT2D eigenvalue weighted by Gasteiger charge is 2.24. The van der Waals surface area contributed by atoms with E-state index >= 15 is 0 Å². The quantitative estimate of drug-likeness (QED) is 0.259. The summed E-state index contributed by atoms with van der Waals surface area (Å²) in [7, 11) is 1.47. The number of amides is 2. The predicted octanol–water partition coefficient (Wildman–Crippen LogP) is 5.36. The molecule has 2 amide bonds. The van der Waals surface area contributed by atoms with Gasteiger partial charge in [-0.2, -0.15) is 0 Å². The fraction of sp³-hybridized carbons (Fsp3) is 0.346. The second kappa shape index (κ2) is 11.8. The van der Waals surface area contributed by atoms with E-state index in [2.05, 4.69) is 15.6 Å². The first-order valence-corrected chi connectivity index (χ1v) is 11.9. The first-order valence-electron chi connectivity index (χ1n) is 11.5.